The molecule has 3 heteroatoms. The molecule has 15 heavy (non-hydrogen) atoms. The van der Waals surface area contributed by atoms with Gasteiger partial charge in [-0.15, -0.1) is 0 Å². The van der Waals surface area contributed by atoms with Crippen molar-refractivity contribution in [2.75, 3.05) is 0 Å². The average Bonchev–Trinajstić information content (AvgIpc) is 2.13. The SMILES string of the molecule is Cc1ccc(C2(C#N)CC(=O)C2)c(O)c1. The van der Waals surface area contributed by atoms with E-state index in [9.17, 15) is 9.90 Å². The maximum Gasteiger partial charge on any atom is 0.136 e. The number of carbonyl (C=O) groups is 1. The number of hydrogen-bond donors (Lipinski definition) is 1. The smallest absolute Gasteiger partial charge is 0.136 e. The second kappa shape index (κ2) is 3.09. The van der Waals surface area contributed by atoms with Crippen LogP contribution in [0.2, 0.25) is 0 Å². The second-order valence-corrected chi connectivity index (χ2v) is 4.11. The van der Waals surface area contributed by atoms with Gasteiger partial charge in [0.2, 0.25) is 0 Å². The van der Waals surface area contributed by atoms with Gasteiger partial charge < -0.3 is 5.11 Å². The van der Waals surface area contributed by atoms with E-state index in [1.165, 1.54) is 0 Å². The quantitative estimate of drug-likeness (QED) is 0.753. The van der Waals surface area contributed by atoms with Crippen molar-refractivity contribution < 1.29 is 9.90 Å². The number of benzene rings is 1. The Morgan fingerprint density at radius 3 is 2.60 bits per heavy atom. The van der Waals surface area contributed by atoms with Gasteiger partial charge in [-0.05, 0) is 18.6 Å². The number of hydrogen-bond acceptors (Lipinski definition) is 3. The van der Waals surface area contributed by atoms with Crippen LogP contribution in [0.3, 0.4) is 0 Å². The first kappa shape index (κ1) is 9.72. The van der Waals surface area contributed by atoms with Gasteiger partial charge in [0.25, 0.3) is 0 Å². The number of phenolic OH excluding ortho intramolecular Hbond substituents is 1. The molecule has 0 heterocycles. The monoisotopic (exact) mass is 201 g/mol. The van der Waals surface area contributed by atoms with Crippen molar-refractivity contribution >= 4 is 5.78 Å². The van der Waals surface area contributed by atoms with Crippen LogP contribution in [-0.2, 0) is 10.2 Å². The van der Waals surface area contributed by atoms with Gasteiger partial charge in [-0.2, -0.15) is 5.26 Å². The molecule has 1 saturated carbocycles. The lowest BCUT2D eigenvalue weighted by Crippen LogP contribution is -2.40. The molecule has 0 saturated heterocycles. The molecule has 1 N–H and O–H groups in total. The summed E-state index contributed by atoms with van der Waals surface area (Å²) in [6.07, 6.45) is 0.445. The molecule has 1 aromatic carbocycles. The molecular weight excluding hydrogens is 190 g/mol. The normalized spacial score (nSPS) is 18.0. The van der Waals surface area contributed by atoms with Crippen LogP contribution in [0.5, 0.6) is 5.75 Å². The number of nitrogens with zero attached hydrogens (tertiary/aromatic N) is 1. The van der Waals surface area contributed by atoms with Crippen LogP contribution in [0.15, 0.2) is 18.2 Å². The number of Topliss-reactive ketones (excluding diaryl/α,β-unsaturated/α-hetero) is 1. The molecule has 1 aliphatic rings. The van der Waals surface area contributed by atoms with Crippen molar-refractivity contribution in [2.45, 2.75) is 25.2 Å². The summed E-state index contributed by atoms with van der Waals surface area (Å²) in [6.45, 7) is 1.87. The Hall–Kier alpha value is -1.82. The molecule has 0 spiro atoms. The minimum absolute atomic E-state index is 0.0801. The van der Waals surface area contributed by atoms with E-state index in [1.807, 2.05) is 13.0 Å². The first-order valence-electron chi connectivity index (χ1n) is 4.80. The minimum atomic E-state index is -0.783. The molecule has 0 aliphatic heterocycles. The Morgan fingerprint density at radius 1 is 1.47 bits per heavy atom. The summed E-state index contributed by atoms with van der Waals surface area (Å²) in [6, 6.07) is 7.34. The maximum atomic E-state index is 11.0. The van der Waals surface area contributed by atoms with E-state index < -0.39 is 5.41 Å². The van der Waals surface area contributed by atoms with Crippen LogP contribution >= 0.6 is 0 Å². The molecule has 0 atom stereocenters. The largest absolute Gasteiger partial charge is 0.508 e. The average molecular weight is 201 g/mol. The fraction of sp³-hybridized carbons (Fsp3) is 0.333. The molecule has 76 valence electrons. The predicted molar refractivity (Wildman–Crippen MR) is 54.4 cm³/mol. The number of nitriles is 1. The summed E-state index contributed by atoms with van der Waals surface area (Å²) in [5, 5.41) is 18.8. The molecule has 0 radical (unpaired) electrons. The fourth-order valence-electron chi connectivity index (χ4n) is 2.00. The number of aromatic hydroxyl groups is 1. The summed E-state index contributed by atoms with van der Waals surface area (Å²) in [7, 11) is 0. The molecule has 3 nitrogen and oxygen atoms in total. The molecular formula is C12H11NO2. The van der Waals surface area contributed by atoms with E-state index >= 15 is 0 Å². The first-order valence-corrected chi connectivity index (χ1v) is 4.80. The van der Waals surface area contributed by atoms with Crippen molar-refractivity contribution in [1.29, 1.82) is 5.26 Å². The van der Waals surface area contributed by atoms with E-state index in [0.29, 0.717) is 5.56 Å². The molecule has 1 fully saturated rings. The molecule has 1 aromatic rings. The Balaban J connectivity index is 2.46. The van der Waals surface area contributed by atoms with E-state index in [-0.39, 0.29) is 24.4 Å². The molecule has 0 aromatic heterocycles. The van der Waals surface area contributed by atoms with Gasteiger partial charge in [-0.25, -0.2) is 0 Å². The minimum Gasteiger partial charge on any atom is -0.508 e. The highest BCUT2D eigenvalue weighted by Crippen LogP contribution is 2.44. The first-order chi connectivity index (χ1) is 7.07. The van der Waals surface area contributed by atoms with Gasteiger partial charge in [-0.3, -0.25) is 4.79 Å². The highest BCUT2D eigenvalue weighted by molar-refractivity contribution is 5.90. The van der Waals surface area contributed by atoms with Crippen LogP contribution < -0.4 is 0 Å². The third-order valence-corrected chi connectivity index (χ3v) is 2.88. The van der Waals surface area contributed by atoms with Crippen LogP contribution in [0.25, 0.3) is 0 Å². The Kier molecular flexibility index (Phi) is 2.01. The zero-order valence-corrected chi connectivity index (χ0v) is 8.45. The van der Waals surface area contributed by atoms with E-state index in [2.05, 4.69) is 6.07 Å². The third-order valence-electron chi connectivity index (χ3n) is 2.88. The number of ketones is 1. The highest BCUT2D eigenvalue weighted by Gasteiger charge is 2.46. The summed E-state index contributed by atoms with van der Waals surface area (Å²) in [5.74, 6) is 0.195. The molecule has 0 amide bonds. The molecule has 1 aliphatic carbocycles. The van der Waals surface area contributed by atoms with Gasteiger partial charge in [0.15, 0.2) is 0 Å². The zero-order chi connectivity index (χ0) is 11.1. The molecule has 0 bridgehead atoms. The third kappa shape index (κ3) is 1.39. The highest BCUT2D eigenvalue weighted by atomic mass is 16.3. The van der Waals surface area contributed by atoms with Crippen molar-refractivity contribution in [1.82, 2.24) is 0 Å². The van der Waals surface area contributed by atoms with Gasteiger partial charge in [0.1, 0.15) is 11.5 Å². The summed E-state index contributed by atoms with van der Waals surface area (Å²) < 4.78 is 0. The van der Waals surface area contributed by atoms with E-state index in [1.54, 1.807) is 12.1 Å². The van der Waals surface area contributed by atoms with Crippen LogP contribution in [0.1, 0.15) is 24.0 Å². The Morgan fingerprint density at radius 2 is 2.13 bits per heavy atom. The standard InChI is InChI=1S/C12H11NO2/c1-8-2-3-10(11(15)4-8)12(7-13)5-9(14)6-12/h2-4,15H,5-6H2,1H3. The number of phenols is 1. The second-order valence-electron chi connectivity index (χ2n) is 4.11. The van der Waals surface area contributed by atoms with E-state index in [4.69, 9.17) is 5.26 Å². The Bertz CT molecular complexity index is 463. The lowest BCUT2D eigenvalue weighted by Gasteiger charge is -2.34. The predicted octanol–water partition coefficient (Wildman–Crippen LogP) is 1.82. The van der Waals surface area contributed by atoms with Crippen molar-refractivity contribution in [3.05, 3.63) is 29.3 Å². The molecule has 2 rings (SSSR count). The van der Waals surface area contributed by atoms with Gasteiger partial charge >= 0.3 is 0 Å². The maximum absolute atomic E-state index is 11.0. The molecule has 0 unspecified atom stereocenters. The number of rotatable bonds is 1. The number of aryl methyl sites for hydroxylation is 1. The summed E-state index contributed by atoms with van der Waals surface area (Å²) in [5.41, 5.74) is 0.736. The van der Waals surface area contributed by atoms with Crippen LogP contribution in [0, 0.1) is 18.3 Å². The van der Waals surface area contributed by atoms with Gasteiger partial charge in [0.05, 0.1) is 11.5 Å². The fourth-order valence-corrected chi connectivity index (χ4v) is 2.00. The topological polar surface area (TPSA) is 61.1 Å². The van der Waals surface area contributed by atoms with Crippen molar-refractivity contribution in [2.24, 2.45) is 0 Å². The lowest BCUT2D eigenvalue weighted by molar-refractivity contribution is -0.126. The summed E-state index contributed by atoms with van der Waals surface area (Å²) in [4.78, 5) is 11.0. The summed E-state index contributed by atoms with van der Waals surface area (Å²) >= 11 is 0. The van der Waals surface area contributed by atoms with Crippen molar-refractivity contribution in [3.8, 4) is 11.8 Å². The van der Waals surface area contributed by atoms with E-state index in [0.717, 1.165) is 5.56 Å². The van der Waals surface area contributed by atoms with Gasteiger partial charge in [-0.1, -0.05) is 12.1 Å². The van der Waals surface area contributed by atoms with Crippen molar-refractivity contribution in [3.63, 3.8) is 0 Å². The van der Waals surface area contributed by atoms with Crippen LogP contribution in [-0.4, -0.2) is 10.9 Å². The Labute approximate surface area is 88.0 Å². The number of carbonyl (C=O) groups excluding carboxylic acids is 1. The zero-order valence-electron chi connectivity index (χ0n) is 8.45. The lowest BCUT2D eigenvalue weighted by atomic mass is 9.64. The van der Waals surface area contributed by atoms with Crippen LogP contribution in [0.4, 0.5) is 0 Å². The van der Waals surface area contributed by atoms with Gasteiger partial charge in [0, 0.05) is 18.4 Å².